The van der Waals surface area contributed by atoms with E-state index in [1.165, 1.54) is 36.8 Å². The zero-order valence-electron chi connectivity index (χ0n) is 12.1. The first-order chi connectivity index (χ1) is 8.70. The van der Waals surface area contributed by atoms with Gasteiger partial charge < -0.3 is 5.32 Å². The van der Waals surface area contributed by atoms with E-state index in [1.807, 2.05) is 0 Å². The molecular weight excluding hydrogens is 218 g/mol. The summed E-state index contributed by atoms with van der Waals surface area (Å²) < 4.78 is 0. The van der Waals surface area contributed by atoms with Crippen LogP contribution in [0.25, 0.3) is 0 Å². The molecule has 1 aromatic carbocycles. The minimum absolute atomic E-state index is 0.586. The Bertz CT molecular complexity index is 372. The van der Waals surface area contributed by atoms with Crippen LogP contribution in [0.5, 0.6) is 0 Å². The molecule has 0 amide bonds. The van der Waals surface area contributed by atoms with Crippen LogP contribution < -0.4 is 5.32 Å². The molecular formula is C17H27N. The first-order valence-electron chi connectivity index (χ1n) is 7.51. The molecule has 1 fully saturated rings. The van der Waals surface area contributed by atoms with E-state index in [2.05, 4.69) is 50.4 Å². The van der Waals surface area contributed by atoms with E-state index >= 15 is 0 Å². The standard InChI is InChI=1S/C17H27N/c1-4-15-10-7-11-17(15)18-14(3)12-16-9-6-5-8-13(16)2/h5-6,8-9,14-15,17-18H,4,7,10-12H2,1-3H3. The summed E-state index contributed by atoms with van der Waals surface area (Å²) >= 11 is 0. The Morgan fingerprint density at radius 2 is 2.06 bits per heavy atom. The van der Waals surface area contributed by atoms with E-state index in [4.69, 9.17) is 0 Å². The average Bonchev–Trinajstić information content (AvgIpc) is 2.79. The molecule has 0 spiro atoms. The monoisotopic (exact) mass is 245 g/mol. The van der Waals surface area contributed by atoms with Gasteiger partial charge in [-0.25, -0.2) is 0 Å². The van der Waals surface area contributed by atoms with Crippen molar-refractivity contribution in [2.24, 2.45) is 5.92 Å². The highest BCUT2D eigenvalue weighted by atomic mass is 15.0. The van der Waals surface area contributed by atoms with Gasteiger partial charge in [0.15, 0.2) is 0 Å². The third kappa shape index (κ3) is 3.35. The van der Waals surface area contributed by atoms with E-state index in [0.717, 1.165) is 18.4 Å². The smallest absolute Gasteiger partial charge is 0.00978 e. The molecule has 0 bridgehead atoms. The molecule has 0 saturated heterocycles. The first kappa shape index (κ1) is 13.6. The summed E-state index contributed by atoms with van der Waals surface area (Å²) in [6, 6.07) is 10.1. The average molecular weight is 245 g/mol. The maximum absolute atomic E-state index is 3.86. The molecule has 0 heterocycles. The lowest BCUT2D eigenvalue weighted by Gasteiger charge is -2.24. The van der Waals surface area contributed by atoms with Crippen molar-refractivity contribution < 1.29 is 0 Å². The zero-order chi connectivity index (χ0) is 13.0. The maximum atomic E-state index is 3.86. The van der Waals surface area contributed by atoms with Crippen LogP contribution in [-0.2, 0) is 6.42 Å². The predicted molar refractivity (Wildman–Crippen MR) is 78.9 cm³/mol. The SMILES string of the molecule is CCC1CCCC1NC(C)Cc1ccccc1C. The van der Waals surface area contributed by atoms with Crippen LogP contribution in [0.15, 0.2) is 24.3 Å². The van der Waals surface area contributed by atoms with Crippen LogP contribution in [0.1, 0.15) is 50.7 Å². The number of hydrogen-bond donors (Lipinski definition) is 1. The lowest BCUT2D eigenvalue weighted by Crippen LogP contribution is -2.39. The maximum Gasteiger partial charge on any atom is 0.00978 e. The van der Waals surface area contributed by atoms with Gasteiger partial charge in [-0.1, -0.05) is 44.0 Å². The van der Waals surface area contributed by atoms with Gasteiger partial charge >= 0.3 is 0 Å². The summed E-state index contributed by atoms with van der Waals surface area (Å²) in [4.78, 5) is 0. The van der Waals surface area contributed by atoms with Crippen molar-refractivity contribution in [3.8, 4) is 0 Å². The van der Waals surface area contributed by atoms with E-state index in [9.17, 15) is 0 Å². The van der Waals surface area contributed by atoms with Gasteiger partial charge in [0.25, 0.3) is 0 Å². The lowest BCUT2D eigenvalue weighted by molar-refractivity contribution is 0.355. The minimum Gasteiger partial charge on any atom is -0.311 e. The second kappa shape index (κ2) is 6.38. The molecule has 1 nitrogen and oxygen atoms in total. The van der Waals surface area contributed by atoms with E-state index in [-0.39, 0.29) is 0 Å². The number of hydrogen-bond acceptors (Lipinski definition) is 1. The van der Waals surface area contributed by atoms with Gasteiger partial charge in [0.1, 0.15) is 0 Å². The number of rotatable bonds is 5. The largest absolute Gasteiger partial charge is 0.311 e. The molecule has 0 radical (unpaired) electrons. The van der Waals surface area contributed by atoms with Crippen LogP contribution in [0, 0.1) is 12.8 Å². The van der Waals surface area contributed by atoms with E-state index in [1.54, 1.807) is 0 Å². The third-order valence-corrected chi connectivity index (χ3v) is 4.47. The van der Waals surface area contributed by atoms with Crippen LogP contribution in [0.3, 0.4) is 0 Å². The fraction of sp³-hybridized carbons (Fsp3) is 0.647. The quantitative estimate of drug-likeness (QED) is 0.823. The summed E-state index contributed by atoms with van der Waals surface area (Å²) in [6.07, 6.45) is 6.68. The second-order valence-electron chi connectivity index (χ2n) is 5.90. The first-order valence-corrected chi connectivity index (χ1v) is 7.51. The van der Waals surface area contributed by atoms with E-state index in [0.29, 0.717) is 6.04 Å². The van der Waals surface area contributed by atoms with Crippen molar-refractivity contribution in [3.63, 3.8) is 0 Å². The molecule has 1 aliphatic carbocycles. The molecule has 3 atom stereocenters. The van der Waals surface area contributed by atoms with Gasteiger partial charge in [0.2, 0.25) is 0 Å². The van der Waals surface area contributed by atoms with Crippen molar-refractivity contribution in [2.45, 2.75) is 65.0 Å². The number of benzene rings is 1. The molecule has 1 N–H and O–H groups in total. The fourth-order valence-corrected chi connectivity index (χ4v) is 3.34. The topological polar surface area (TPSA) is 12.0 Å². The zero-order valence-corrected chi connectivity index (χ0v) is 12.1. The highest BCUT2D eigenvalue weighted by Gasteiger charge is 2.26. The van der Waals surface area contributed by atoms with Crippen molar-refractivity contribution in [2.75, 3.05) is 0 Å². The van der Waals surface area contributed by atoms with Crippen molar-refractivity contribution in [1.29, 1.82) is 0 Å². The van der Waals surface area contributed by atoms with Gasteiger partial charge in [-0.05, 0) is 50.2 Å². The van der Waals surface area contributed by atoms with Gasteiger partial charge in [0.05, 0.1) is 0 Å². The molecule has 1 saturated carbocycles. The molecule has 2 rings (SSSR count). The van der Waals surface area contributed by atoms with Crippen LogP contribution in [-0.4, -0.2) is 12.1 Å². The highest BCUT2D eigenvalue weighted by molar-refractivity contribution is 5.26. The highest BCUT2D eigenvalue weighted by Crippen LogP contribution is 2.28. The summed E-state index contributed by atoms with van der Waals surface area (Å²) in [5.74, 6) is 0.907. The molecule has 100 valence electrons. The number of aryl methyl sites for hydroxylation is 1. The van der Waals surface area contributed by atoms with Gasteiger partial charge in [0, 0.05) is 12.1 Å². The fourth-order valence-electron chi connectivity index (χ4n) is 3.34. The van der Waals surface area contributed by atoms with Crippen LogP contribution in [0.2, 0.25) is 0 Å². The summed E-state index contributed by atoms with van der Waals surface area (Å²) in [7, 11) is 0. The summed E-state index contributed by atoms with van der Waals surface area (Å²) in [6.45, 7) is 6.88. The molecule has 1 heteroatoms. The molecule has 1 aromatic rings. The normalized spacial score (nSPS) is 25.3. The Kier molecular flexibility index (Phi) is 4.82. The Morgan fingerprint density at radius 1 is 1.28 bits per heavy atom. The molecule has 0 aliphatic heterocycles. The van der Waals surface area contributed by atoms with Crippen LogP contribution >= 0.6 is 0 Å². The molecule has 1 aliphatic rings. The van der Waals surface area contributed by atoms with E-state index < -0.39 is 0 Å². The van der Waals surface area contributed by atoms with Crippen LogP contribution in [0.4, 0.5) is 0 Å². The minimum atomic E-state index is 0.586. The van der Waals surface area contributed by atoms with Gasteiger partial charge in [-0.3, -0.25) is 0 Å². The van der Waals surface area contributed by atoms with Crippen molar-refractivity contribution >= 4 is 0 Å². The third-order valence-electron chi connectivity index (χ3n) is 4.47. The second-order valence-corrected chi connectivity index (χ2v) is 5.90. The molecule has 18 heavy (non-hydrogen) atoms. The Hall–Kier alpha value is -0.820. The number of nitrogens with one attached hydrogen (secondary N) is 1. The Balaban J connectivity index is 1.89. The lowest BCUT2D eigenvalue weighted by atomic mass is 9.97. The van der Waals surface area contributed by atoms with Gasteiger partial charge in [-0.2, -0.15) is 0 Å². The Labute approximate surface area is 112 Å². The summed E-state index contributed by atoms with van der Waals surface area (Å²) in [5, 5.41) is 3.86. The molecule has 0 aromatic heterocycles. The summed E-state index contributed by atoms with van der Waals surface area (Å²) in [5.41, 5.74) is 2.91. The van der Waals surface area contributed by atoms with Gasteiger partial charge in [-0.15, -0.1) is 0 Å². The predicted octanol–water partition coefficient (Wildman–Crippen LogP) is 4.09. The van der Waals surface area contributed by atoms with Crippen molar-refractivity contribution in [3.05, 3.63) is 35.4 Å². The molecule has 3 unspecified atom stereocenters. The Morgan fingerprint density at radius 3 is 2.78 bits per heavy atom. The van der Waals surface area contributed by atoms with Crippen molar-refractivity contribution in [1.82, 2.24) is 5.32 Å².